The van der Waals surface area contributed by atoms with Crippen LogP contribution in [0.25, 0.3) is 0 Å². The summed E-state index contributed by atoms with van der Waals surface area (Å²) in [5.41, 5.74) is -0.418. The fraction of sp³-hybridized carbons (Fsp3) is 0.611. The summed E-state index contributed by atoms with van der Waals surface area (Å²) in [5, 5.41) is 12.5. The van der Waals surface area contributed by atoms with Gasteiger partial charge in [0.1, 0.15) is 0 Å². The van der Waals surface area contributed by atoms with Crippen LogP contribution in [0.1, 0.15) is 49.1 Å². The summed E-state index contributed by atoms with van der Waals surface area (Å²) >= 11 is 0. The van der Waals surface area contributed by atoms with Gasteiger partial charge in [-0.3, -0.25) is 4.79 Å². The van der Waals surface area contributed by atoms with Gasteiger partial charge < -0.3 is 10.4 Å². The SMILES string of the molecule is O=C(NCC1CCCC(O)C1)C1CC1c1ccccc1C(F)(F)F. The summed E-state index contributed by atoms with van der Waals surface area (Å²) in [5.74, 6) is -0.629. The molecule has 6 heteroatoms. The average Bonchev–Trinajstić information content (AvgIpc) is 3.32. The fourth-order valence-corrected chi connectivity index (χ4v) is 3.73. The number of halogens is 3. The molecule has 0 spiro atoms. The van der Waals surface area contributed by atoms with E-state index in [2.05, 4.69) is 5.32 Å². The molecular formula is C18H22F3NO2. The van der Waals surface area contributed by atoms with E-state index in [0.29, 0.717) is 19.4 Å². The Morgan fingerprint density at radius 1 is 1.21 bits per heavy atom. The van der Waals surface area contributed by atoms with Crippen LogP contribution in [0, 0.1) is 11.8 Å². The van der Waals surface area contributed by atoms with Gasteiger partial charge in [0.05, 0.1) is 11.7 Å². The van der Waals surface area contributed by atoms with Crippen molar-refractivity contribution in [1.82, 2.24) is 5.32 Å². The third-order valence-corrected chi connectivity index (χ3v) is 5.11. The van der Waals surface area contributed by atoms with Crippen LogP contribution >= 0.6 is 0 Å². The van der Waals surface area contributed by atoms with E-state index in [-0.39, 0.29) is 35.3 Å². The minimum atomic E-state index is -4.39. The zero-order chi connectivity index (χ0) is 17.3. The van der Waals surface area contributed by atoms with Crippen LogP contribution in [-0.2, 0) is 11.0 Å². The van der Waals surface area contributed by atoms with Crippen LogP contribution in [0.2, 0.25) is 0 Å². The second-order valence-corrected chi connectivity index (χ2v) is 6.97. The van der Waals surface area contributed by atoms with E-state index in [1.54, 1.807) is 6.07 Å². The van der Waals surface area contributed by atoms with E-state index in [9.17, 15) is 23.1 Å². The Balaban J connectivity index is 1.56. The number of hydrogen-bond donors (Lipinski definition) is 2. The maximum Gasteiger partial charge on any atom is 0.416 e. The third-order valence-electron chi connectivity index (χ3n) is 5.11. The Kier molecular flexibility index (Phi) is 4.85. The normalized spacial score (nSPS) is 30.0. The van der Waals surface area contributed by atoms with E-state index in [1.165, 1.54) is 12.1 Å². The molecule has 4 unspecified atom stereocenters. The molecule has 0 heterocycles. The van der Waals surface area contributed by atoms with Gasteiger partial charge in [-0.15, -0.1) is 0 Å². The maximum absolute atomic E-state index is 13.1. The number of alkyl halides is 3. The number of carbonyl (C=O) groups is 1. The number of aliphatic hydroxyl groups excluding tert-OH is 1. The molecule has 2 aliphatic carbocycles. The number of rotatable bonds is 4. The van der Waals surface area contributed by atoms with Crippen LogP contribution in [0.3, 0.4) is 0 Å². The van der Waals surface area contributed by atoms with E-state index in [1.807, 2.05) is 0 Å². The predicted molar refractivity (Wildman–Crippen MR) is 83.3 cm³/mol. The molecule has 1 aromatic carbocycles. The fourth-order valence-electron chi connectivity index (χ4n) is 3.73. The highest BCUT2D eigenvalue weighted by Gasteiger charge is 2.47. The lowest BCUT2D eigenvalue weighted by Crippen LogP contribution is -2.34. The first-order valence-electron chi connectivity index (χ1n) is 8.48. The molecule has 24 heavy (non-hydrogen) atoms. The van der Waals surface area contributed by atoms with Crippen LogP contribution in [-0.4, -0.2) is 23.7 Å². The topological polar surface area (TPSA) is 49.3 Å². The van der Waals surface area contributed by atoms with Crippen LogP contribution in [0.4, 0.5) is 13.2 Å². The molecule has 0 saturated heterocycles. The maximum atomic E-state index is 13.1. The van der Waals surface area contributed by atoms with Crippen molar-refractivity contribution in [2.75, 3.05) is 6.54 Å². The minimum absolute atomic E-state index is 0.169. The summed E-state index contributed by atoms with van der Waals surface area (Å²) in [6.45, 7) is 0.500. The lowest BCUT2D eigenvalue weighted by molar-refractivity contribution is -0.138. The van der Waals surface area contributed by atoms with E-state index >= 15 is 0 Å². The number of amides is 1. The monoisotopic (exact) mass is 341 g/mol. The molecule has 0 bridgehead atoms. The molecule has 1 aromatic rings. The molecule has 2 aliphatic rings. The summed E-state index contributed by atoms with van der Waals surface area (Å²) in [6.07, 6.45) is -0.804. The van der Waals surface area contributed by atoms with Gasteiger partial charge in [0, 0.05) is 12.5 Å². The lowest BCUT2D eigenvalue weighted by atomic mass is 9.87. The van der Waals surface area contributed by atoms with Crippen molar-refractivity contribution >= 4 is 5.91 Å². The summed E-state index contributed by atoms with van der Waals surface area (Å²) in [4.78, 5) is 12.2. The quantitative estimate of drug-likeness (QED) is 0.881. The van der Waals surface area contributed by atoms with Gasteiger partial charge in [0.25, 0.3) is 0 Å². The third kappa shape index (κ3) is 3.91. The lowest BCUT2D eigenvalue weighted by Gasteiger charge is -2.25. The first-order valence-corrected chi connectivity index (χ1v) is 8.48. The van der Waals surface area contributed by atoms with Crippen molar-refractivity contribution in [3.63, 3.8) is 0 Å². The van der Waals surface area contributed by atoms with Crippen molar-refractivity contribution in [2.45, 2.75) is 50.3 Å². The zero-order valence-corrected chi connectivity index (χ0v) is 13.4. The minimum Gasteiger partial charge on any atom is -0.393 e. The van der Waals surface area contributed by atoms with Gasteiger partial charge >= 0.3 is 6.18 Å². The number of carbonyl (C=O) groups excluding carboxylic acids is 1. The van der Waals surface area contributed by atoms with Gasteiger partial charge in [0.15, 0.2) is 0 Å². The molecule has 2 fully saturated rings. The van der Waals surface area contributed by atoms with Gasteiger partial charge in [-0.25, -0.2) is 0 Å². The van der Waals surface area contributed by atoms with Gasteiger partial charge in [-0.1, -0.05) is 24.6 Å². The van der Waals surface area contributed by atoms with Crippen LogP contribution in [0.15, 0.2) is 24.3 Å². The zero-order valence-electron chi connectivity index (χ0n) is 13.4. The number of hydrogen-bond acceptors (Lipinski definition) is 2. The Labute approximate surface area is 139 Å². The molecule has 3 rings (SSSR count). The van der Waals surface area contributed by atoms with Gasteiger partial charge in [-0.2, -0.15) is 13.2 Å². The summed E-state index contributed by atoms with van der Waals surface area (Å²) in [7, 11) is 0. The van der Waals surface area contributed by atoms with Crippen LogP contribution < -0.4 is 5.32 Å². The van der Waals surface area contributed by atoms with Crippen molar-refractivity contribution in [2.24, 2.45) is 11.8 Å². The van der Waals surface area contributed by atoms with E-state index in [4.69, 9.17) is 0 Å². The number of nitrogens with one attached hydrogen (secondary N) is 1. The first-order chi connectivity index (χ1) is 11.4. The Bertz CT molecular complexity index is 602. The smallest absolute Gasteiger partial charge is 0.393 e. The van der Waals surface area contributed by atoms with Crippen LogP contribution in [0.5, 0.6) is 0 Å². The van der Waals surface area contributed by atoms with Gasteiger partial charge in [0.2, 0.25) is 5.91 Å². The largest absolute Gasteiger partial charge is 0.416 e. The van der Waals surface area contributed by atoms with Gasteiger partial charge in [-0.05, 0) is 49.1 Å². The molecule has 2 saturated carbocycles. The highest BCUT2D eigenvalue weighted by Crippen LogP contribution is 2.51. The standard InChI is InChI=1S/C18H22F3NO2/c19-18(20,21)16-7-2-1-6-13(16)14-9-15(14)17(24)22-10-11-4-3-5-12(23)8-11/h1-2,6-7,11-12,14-15,23H,3-5,8-10H2,(H,22,24). The van der Waals surface area contributed by atoms with Crippen molar-refractivity contribution in [1.29, 1.82) is 0 Å². The Morgan fingerprint density at radius 3 is 2.67 bits per heavy atom. The molecule has 3 nitrogen and oxygen atoms in total. The predicted octanol–water partition coefficient (Wildman–Crippen LogP) is 3.48. The number of benzene rings is 1. The average molecular weight is 341 g/mol. The molecule has 4 atom stereocenters. The molecule has 132 valence electrons. The molecule has 0 radical (unpaired) electrons. The van der Waals surface area contributed by atoms with Crippen molar-refractivity contribution in [3.05, 3.63) is 35.4 Å². The van der Waals surface area contributed by atoms with E-state index < -0.39 is 11.7 Å². The Hall–Kier alpha value is -1.56. The molecule has 0 aromatic heterocycles. The highest BCUT2D eigenvalue weighted by atomic mass is 19.4. The second-order valence-electron chi connectivity index (χ2n) is 6.97. The molecule has 2 N–H and O–H groups in total. The second kappa shape index (κ2) is 6.75. The summed E-state index contributed by atoms with van der Waals surface area (Å²) in [6, 6.07) is 5.50. The summed E-state index contributed by atoms with van der Waals surface area (Å²) < 4.78 is 39.2. The van der Waals surface area contributed by atoms with Crippen molar-refractivity contribution < 1.29 is 23.1 Å². The Morgan fingerprint density at radius 2 is 1.96 bits per heavy atom. The first kappa shape index (κ1) is 17.3. The number of aliphatic hydroxyl groups is 1. The molecule has 0 aliphatic heterocycles. The molecular weight excluding hydrogens is 319 g/mol. The van der Waals surface area contributed by atoms with E-state index in [0.717, 1.165) is 25.3 Å². The highest BCUT2D eigenvalue weighted by molar-refractivity contribution is 5.83. The van der Waals surface area contributed by atoms with Crippen molar-refractivity contribution in [3.8, 4) is 0 Å². The molecule has 1 amide bonds.